The Balaban J connectivity index is 2.25. The van der Waals surface area contributed by atoms with E-state index in [2.05, 4.69) is 9.97 Å². The number of ketones is 1. The van der Waals surface area contributed by atoms with Gasteiger partial charge in [-0.1, -0.05) is 11.6 Å². The molecule has 0 saturated carbocycles. The molecular weight excluding hydrogens is 304 g/mol. The van der Waals surface area contributed by atoms with Crippen molar-refractivity contribution in [2.45, 2.75) is 26.7 Å². The predicted molar refractivity (Wildman–Crippen MR) is 91.5 cm³/mol. The van der Waals surface area contributed by atoms with Gasteiger partial charge < -0.3 is 10.1 Å². The lowest BCUT2D eigenvalue weighted by Gasteiger charge is -2.09. The first-order valence-corrected chi connectivity index (χ1v) is 7.71. The number of carbonyl (C=O) groups is 2. The van der Waals surface area contributed by atoms with E-state index in [4.69, 9.17) is 0 Å². The molecule has 0 aliphatic rings. The van der Waals surface area contributed by atoms with Crippen LogP contribution in [0, 0.1) is 13.8 Å². The molecule has 1 aromatic carbocycles. The fourth-order valence-corrected chi connectivity index (χ4v) is 2.87. The van der Waals surface area contributed by atoms with Gasteiger partial charge in [-0.2, -0.15) is 0 Å². The average molecular weight is 322 g/mol. The predicted octanol–water partition coefficient (Wildman–Crippen LogP) is 3.60. The molecule has 0 aliphatic heterocycles. The van der Waals surface area contributed by atoms with Crippen LogP contribution in [0.4, 0.5) is 0 Å². The second-order valence-electron chi connectivity index (χ2n) is 6.07. The zero-order chi connectivity index (χ0) is 17.4. The molecular formula is C19H18N2O3. The number of aromatic amines is 1. The van der Waals surface area contributed by atoms with Crippen molar-refractivity contribution in [3.63, 3.8) is 0 Å². The van der Waals surface area contributed by atoms with Gasteiger partial charge in [0.25, 0.3) is 0 Å². The number of pyridine rings is 1. The number of benzene rings is 1. The number of nitrogens with zero attached hydrogens (tertiary/aromatic N) is 1. The van der Waals surface area contributed by atoms with Crippen molar-refractivity contribution in [3.05, 3.63) is 64.6 Å². The lowest BCUT2D eigenvalue weighted by molar-refractivity contribution is -0.138. The van der Waals surface area contributed by atoms with Crippen LogP contribution in [-0.2, 0) is 4.79 Å². The maximum atomic E-state index is 12.9. The molecule has 0 radical (unpaired) electrons. The van der Waals surface area contributed by atoms with E-state index in [1.807, 2.05) is 38.1 Å². The lowest BCUT2D eigenvalue weighted by atomic mass is 9.94. The first-order chi connectivity index (χ1) is 11.4. The van der Waals surface area contributed by atoms with E-state index >= 15 is 0 Å². The molecule has 122 valence electrons. The minimum absolute atomic E-state index is 0.295. The minimum Gasteiger partial charge on any atom is -0.481 e. The molecule has 0 aliphatic carbocycles. The number of carbonyl (C=O) groups excluding carboxylic acids is 1. The third kappa shape index (κ3) is 2.69. The first-order valence-electron chi connectivity index (χ1n) is 7.71. The molecule has 5 nitrogen and oxygen atoms in total. The van der Waals surface area contributed by atoms with E-state index in [9.17, 15) is 14.7 Å². The molecule has 0 fully saturated rings. The van der Waals surface area contributed by atoms with E-state index in [0.29, 0.717) is 17.0 Å². The van der Waals surface area contributed by atoms with Crippen LogP contribution in [0.5, 0.6) is 0 Å². The summed E-state index contributed by atoms with van der Waals surface area (Å²) in [4.78, 5) is 31.7. The smallest absolute Gasteiger partial charge is 0.310 e. The number of hydrogen-bond donors (Lipinski definition) is 2. The Morgan fingerprint density at radius 3 is 2.50 bits per heavy atom. The molecule has 0 amide bonds. The van der Waals surface area contributed by atoms with Gasteiger partial charge in [0.05, 0.1) is 11.6 Å². The highest BCUT2D eigenvalue weighted by molar-refractivity contribution is 6.12. The average Bonchev–Trinajstić information content (AvgIpc) is 2.91. The summed E-state index contributed by atoms with van der Waals surface area (Å²) in [6.07, 6.45) is 1.58. The van der Waals surface area contributed by atoms with Crippen LogP contribution < -0.4 is 0 Å². The molecule has 1 unspecified atom stereocenters. The van der Waals surface area contributed by atoms with Gasteiger partial charge in [-0.25, -0.2) is 0 Å². The van der Waals surface area contributed by atoms with Gasteiger partial charge in [-0.05, 0) is 50.6 Å². The molecule has 5 heteroatoms. The standard InChI is InChI=1S/C19H18N2O3/c1-10-4-5-14-13(8-10)16(12(3)19(23)24)17(21-14)18(22)15-9-11(2)6-7-20-15/h4-9,12,21H,1-3H3,(H,23,24). The summed E-state index contributed by atoms with van der Waals surface area (Å²) in [6.45, 7) is 5.41. The van der Waals surface area contributed by atoms with Gasteiger partial charge >= 0.3 is 5.97 Å². The monoisotopic (exact) mass is 322 g/mol. The van der Waals surface area contributed by atoms with Crippen LogP contribution in [0.3, 0.4) is 0 Å². The Bertz CT molecular complexity index is 956. The Kier molecular flexibility index (Phi) is 3.93. The number of H-pyrrole nitrogens is 1. The fourth-order valence-electron chi connectivity index (χ4n) is 2.87. The first kappa shape index (κ1) is 15.9. The van der Waals surface area contributed by atoms with Crippen LogP contribution in [-0.4, -0.2) is 26.8 Å². The van der Waals surface area contributed by atoms with Crippen molar-refractivity contribution in [2.75, 3.05) is 0 Å². The molecule has 3 rings (SSSR count). The number of rotatable bonds is 4. The summed E-state index contributed by atoms with van der Waals surface area (Å²) in [5, 5.41) is 10.2. The number of carboxylic acids is 1. The molecule has 2 heterocycles. The van der Waals surface area contributed by atoms with Crippen molar-refractivity contribution in [2.24, 2.45) is 0 Å². The highest BCUT2D eigenvalue weighted by Crippen LogP contribution is 2.31. The van der Waals surface area contributed by atoms with Crippen LogP contribution in [0.1, 0.15) is 45.7 Å². The second kappa shape index (κ2) is 5.92. The number of carboxylic acid groups (broad SMARTS) is 1. The molecule has 1 atom stereocenters. The second-order valence-corrected chi connectivity index (χ2v) is 6.07. The number of aryl methyl sites for hydroxylation is 2. The Morgan fingerprint density at radius 1 is 1.12 bits per heavy atom. The van der Waals surface area contributed by atoms with Gasteiger partial charge in [-0.3, -0.25) is 14.6 Å². The topological polar surface area (TPSA) is 83.0 Å². The SMILES string of the molecule is Cc1ccnc(C(=O)c2[nH]c3ccc(C)cc3c2C(C)C(=O)O)c1. The number of hydrogen-bond acceptors (Lipinski definition) is 3. The summed E-state index contributed by atoms with van der Waals surface area (Å²) in [6, 6.07) is 9.21. The highest BCUT2D eigenvalue weighted by atomic mass is 16.4. The number of fused-ring (bicyclic) bond motifs is 1. The van der Waals surface area contributed by atoms with Crippen molar-refractivity contribution in [1.29, 1.82) is 0 Å². The van der Waals surface area contributed by atoms with Crippen LogP contribution >= 0.6 is 0 Å². The van der Waals surface area contributed by atoms with Crippen molar-refractivity contribution < 1.29 is 14.7 Å². The van der Waals surface area contributed by atoms with E-state index < -0.39 is 11.9 Å². The Morgan fingerprint density at radius 2 is 1.83 bits per heavy atom. The van der Waals surface area contributed by atoms with Gasteiger partial charge in [0.1, 0.15) is 5.69 Å². The van der Waals surface area contributed by atoms with Crippen LogP contribution in [0.25, 0.3) is 10.9 Å². The summed E-state index contributed by atoms with van der Waals surface area (Å²) >= 11 is 0. The molecule has 0 saturated heterocycles. The Hall–Kier alpha value is -2.95. The van der Waals surface area contributed by atoms with E-state index in [1.54, 1.807) is 19.2 Å². The molecule has 0 spiro atoms. The van der Waals surface area contributed by atoms with Crippen LogP contribution in [0.2, 0.25) is 0 Å². The van der Waals surface area contributed by atoms with E-state index in [-0.39, 0.29) is 5.78 Å². The van der Waals surface area contributed by atoms with Crippen molar-refractivity contribution >= 4 is 22.7 Å². The zero-order valence-corrected chi connectivity index (χ0v) is 13.8. The third-order valence-corrected chi connectivity index (χ3v) is 4.17. The van der Waals surface area contributed by atoms with Gasteiger partial charge in [-0.15, -0.1) is 0 Å². The number of aromatic nitrogens is 2. The minimum atomic E-state index is -0.969. The summed E-state index contributed by atoms with van der Waals surface area (Å²) < 4.78 is 0. The molecule has 0 bridgehead atoms. The van der Waals surface area contributed by atoms with E-state index in [1.165, 1.54) is 0 Å². The Labute approximate surface area is 139 Å². The molecule has 2 N–H and O–H groups in total. The molecule has 24 heavy (non-hydrogen) atoms. The van der Waals surface area contributed by atoms with E-state index in [0.717, 1.165) is 22.0 Å². The maximum absolute atomic E-state index is 12.9. The third-order valence-electron chi connectivity index (χ3n) is 4.17. The van der Waals surface area contributed by atoms with Gasteiger partial charge in [0.2, 0.25) is 5.78 Å². The normalized spacial score (nSPS) is 12.3. The summed E-state index contributed by atoms with van der Waals surface area (Å²) in [5.74, 6) is -2.07. The zero-order valence-electron chi connectivity index (χ0n) is 13.8. The lowest BCUT2D eigenvalue weighted by Crippen LogP contribution is -2.13. The molecule has 2 aromatic heterocycles. The van der Waals surface area contributed by atoms with Crippen molar-refractivity contribution in [1.82, 2.24) is 9.97 Å². The number of aliphatic carboxylic acids is 1. The summed E-state index contributed by atoms with van der Waals surface area (Å²) in [7, 11) is 0. The molecule has 3 aromatic rings. The number of nitrogens with one attached hydrogen (secondary N) is 1. The fraction of sp³-hybridized carbons (Fsp3) is 0.211. The highest BCUT2D eigenvalue weighted by Gasteiger charge is 2.27. The quantitative estimate of drug-likeness (QED) is 0.719. The maximum Gasteiger partial charge on any atom is 0.310 e. The van der Waals surface area contributed by atoms with Gasteiger partial charge in [0, 0.05) is 22.7 Å². The van der Waals surface area contributed by atoms with Gasteiger partial charge in [0.15, 0.2) is 0 Å². The van der Waals surface area contributed by atoms with Crippen molar-refractivity contribution in [3.8, 4) is 0 Å². The van der Waals surface area contributed by atoms with Crippen LogP contribution in [0.15, 0.2) is 36.5 Å². The largest absolute Gasteiger partial charge is 0.481 e. The summed E-state index contributed by atoms with van der Waals surface area (Å²) in [5.41, 5.74) is 3.79.